The molecule has 7 aliphatic rings. The smallest absolute Gasteiger partial charge is 0.364 e. The number of carbonyl (C=O) groups excluding carboxylic acids is 4. The summed E-state index contributed by atoms with van der Waals surface area (Å²) in [4.78, 5) is 68.6. The summed E-state index contributed by atoms with van der Waals surface area (Å²) in [6.45, 7) is 18.6. The average Bonchev–Trinajstić information content (AvgIpc) is 1.68. The van der Waals surface area contributed by atoms with Gasteiger partial charge >= 0.3 is 330 Å². The minimum Gasteiger partial charge on any atom is -0.496 e. The van der Waals surface area contributed by atoms with Crippen molar-refractivity contribution < 1.29 is 195 Å². The predicted octanol–water partition coefficient (Wildman–Crippen LogP) is 1.01. The van der Waals surface area contributed by atoms with Crippen molar-refractivity contribution in [2.45, 2.75) is 315 Å². The fourth-order valence-electron chi connectivity index (χ4n) is 18.4. The number of carboxylic acids is 1. The van der Waals surface area contributed by atoms with Crippen LogP contribution in [0, 0.1) is 23.7 Å². The Balaban J connectivity index is 0.000000329. The summed E-state index contributed by atoms with van der Waals surface area (Å²) in [6.07, 6.45) is -40.4. The van der Waals surface area contributed by atoms with Gasteiger partial charge in [0.2, 0.25) is 0 Å². The van der Waals surface area contributed by atoms with Crippen LogP contribution >= 0.6 is 16.9 Å². The molecule has 7 saturated heterocycles. The summed E-state index contributed by atoms with van der Waals surface area (Å²) in [5.74, 6) is -9.60. The first kappa shape index (κ1) is 116. The van der Waals surface area contributed by atoms with Gasteiger partial charge in [-0.3, -0.25) is 0 Å². The van der Waals surface area contributed by atoms with Crippen molar-refractivity contribution in [1.29, 1.82) is 0 Å². The molecule has 4 aromatic rings. The third-order valence-corrected chi connectivity index (χ3v) is 29.3. The third kappa shape index (κ3) is 29.6. The summed E-state index contributed by atoms with van der Waals surface area (Å²) in [5, 5.41) is 135. The van der Waals surface area contributed by atoms with E-state index in [0.717, 1.165) is 35.7 Å². The molecule has 48 heteroatoms. The van der Waals surface area contributed by atoms with Gasteiger partial charge in [0, 0.05) is 31.3 Å². The van der Waals surface area contributed by atoms with Crippen LogP contribution in [0.4, 0.5) is 10.5 Å². The standard InChI is InChI=1S/C62H87B4NO19P2.C31H49NO21/c1-13-36(3)49-55(87-65-63-72)39(6)51(79-40(7)68)57(82-49)84-53-54(80-41(8)69)58(83-50(37(4)14-2)56(53)88-66-64-73)81-48-38(5)32-62(59(70)75-12,86-52(48)47-35-78-61(9,10)85-47)77-30-28-45-26-25-42(31-46(45)74-11)27-29-67(33-43-21-17-15-18-22-43)60(71)76-34-44-23-19-16-20-24-44;1-47-17-6-12(32)3-2-11(17)4-5-48-31(30(45)46)7-13(36)25(26(53-31)16(39)10-35)51-29-22(44)27(21(43)24(50-29)15(38)9-34)52-28-20(42)18(40)19(41)23(49-28)14(37)8-33/h15-26,31,36-39,47-58,87-88H,13-14,27-30,32-35H2,1-12H3;2-3,6,13-16,18-29,33-44H,4-5,7-10,32H2,1H3,(H,45,46)/t36-,37-,38+,39?,47+,48+,49-,50?,51?,52?,53+,54?,55-,56+,57+,58-,62+;13-,14+,15+,16-,18?,19+,20?,21-,22?,23+,24?,25-,26?,27+,28-,29-,31-/m01/s1. The quantitative estimate of drug-likeness (QED) is 0.00965. The number of esters is 3. The molecule has 42 nitrogen and oxygen atoms in total. The zero-order chi connectivity index (χ0) is 103. The van der Waals surface area contributed by atoms with E-state index < -0.39 is 245 Å². The molecule has 36 atom stereocenters. The number of methoxy groups -OCH3 is 3. The number of carbonyl (C=O) groups is 5. The maximum Gasteiger partial charge on any atom is 0.364 e. The number of ether oxygens (including phenoxy) is 20. The summed E-state index contributed by atoms with van der Waals surface area (Å²) in [6, 6.07) is 29.9. The Morgan fingerprint density at radius 3 is 1.61 bits per heavy atom. The molecule has 0 saturated carbocycles. The van der Waals surface area contributed by atoms with E-state index in [9.17, 15) is 99.8 Å². The summed E-state index contributed by atoms with van der Waals surface area (Å²) >= 11 is 0. The van der Waals surface area contributed by atoms with Gasteiger partial charge in [-0.05, 0) is 73.1 Å². The molecular formula is C93H136B4N2O40P2. The topological polar surface area (TPSA) is 596 Å². The summed E-state index contributed by atoms with van der Waals surface area (Å²) in [5.41, 5.74) is 9.50. The fourth-order valence-corrected chi connectivity index (χ4v) is 21.2. The van der Waals surface area contributed by atoms with Crippen molar-refractivity contribution in [2.75, 3.05) is 73.2 Å². The number of hydrogen-bond acceptors (Lipinski definition) is 40. The molecule has 12 unspecified atom stereocenters. The molecule has 11 rings (SSSR count). The Morgan fingerprint density at radius 2 is 1.06 bits per heavy atom. The van der Waals surface area contributed by atoms with Gasteiger partial charge in [0.25, 0.3) is 5.79 Å². The van der Waals surface area contributed by atoms with Gasteiger partial charge < -0.3 is 124 Å². The Morgan fingerprint density at radius 1 is 0.546 bits per heavy atom. The fraction of sp³-hybridized carbons (Fsp3) is 0.688. The number of aliphatic hydroxyl groups excluding tert-OH is 12. The van der Waals surface area contributed by atoms with Crippen molar-refractivity contribution in [2.24, 2.45) is 23.7 Å². The van der Waals surface area contributed by atoms with E-state index in [1.807, 2.05) is 113 Å². The predicted molar refractivity (Wildman–Crippen MR) is 502 cm³/mol. The van der Waals surface area contributed by atoms with E-state index in [-0.39, 0.29) is 86.0 Å². The Kier molecular flexibility index (Phi) is 44.6. The van der Waals surface area contributed by atoms with Crippen LogP contribution in [0.25, 0.3) is 0 Å². The van der Waals surface area contributed by atoms with Crippen molar-refractivity contribution >= 4 is 80.4 Å². The van der Waals surface area contributed by atoms with E-state index in [0.29, 0.717) is 55.7 Å². The molecule has 780 valence electrons. The first-order chi connectivity index (χ1) is 67.2. The number of nitrogens with two attached hydrogens (primary N) is 1. The molecule has 2 radical (unpaired) electrons. The molecule has 15 N–H and O–H groups in total. The average molecular weight is 2030 g/mol. The number of nitrogens with zero attached hydrogens (tertiary/aromatic N) is 1. The molecule has 7 heterocycles. The van der Waals surface area contributed by atoms with Crippen LogP contribution in [0.2, 0.25) is 0 Å². The van der Waals surface area contributed by atoms with Crippen LogP contribution in [0.1, 0.15) is 123 Å². The molecule has 141 heavy (non-hydrogen) atoms. The van der Waals surface area contributed by atoms with Crippen LogP contribution in [0.5, 0.6) is 11.5 Å². The number of nitrogen functional groups attached to an aromatic ring is 1. The first-order valence-electron chi connectivity index (χ1n) is 47.2. The minimum atomic E-state index is -2.62. The maximum absolute atomic E-state index is 14.4. The number of hydrogen-bond donors (Lipinski definition) is 14. The first-order valence-corrected chi connectivity index (χ1v) is 49.5. The van der Waals surface area contributed by atoms with E-state index >= 15 is 0 Å². The second-order valence-corrected chi connectivity index (χ2v) is 39.3. The molecule has 1 amide bonds. The van der Waals surface area contributed by atoms with Crippen LogP contribution in [-0.2, 0) is 146 Å². The van der Waals surface area contributed by atoms with Crippen molar-refractivity contribution in [3.05, 3.63) is 125 Å². The number of aliphatic hydroxyl groups is 12. The molecular weight excluding hydrogens is 1890 g/mol. The zero-order valence-electron chi connectivity index (χ0n) is 81.2. The van der Waals surface area contributed by atoms with Crippen LogP contribution in [0.15, 0.2) is 97.1 Å². The maximum atomic E-state index is 14.4. The minimum absolute atomic E-state index is 0.00864. The van der Waals surface area contributed by atoms with E-state index in [1.54, 1.807) is 44.9 Å². The van der Waals surface area contributed by atoms with Crippen molar-refractivity contribution in [3.63, 3.8) is 0 Å². The monoisotopic (exact) mass is 2030 g/mol. The van der Waals surface area contributed by atoms with Gasteiger partial charge in [0.05, 0.1) is 60.5 Å². The zero-order valence-corrected chi connectivity index (χ0v) is 83.2. The SMILES string of the molecule is CC[C@H](C)C1O[C@H](O[C@H]2C([C@H]3COC(C)(C)O3)O[C@@](OCCc3ccc(CCN(Cc4ccccc4)C(=O)OCc4ccccc4)cc3OC)(C(=O)OC)C[C@H]2C)C(OC(C)=O)[C@@H](O[C@H]2O[C@@H]([C@@H](C)CC)[C@@H](P[B]B=O)C(C)C2OC(C)=O)[C@@H]1P[B]B=O.COc1cc(N)ccc1CCO[C@]1(C(=O)O)C[C@@H](O)[C@@H](O[C@H]2OC([C@@H](O)CO)[C@@H](O)[C@H](O[C@H]3O[C@@H]([C@@H](O)CO)[C@@H](O)C(O)C3O)C2O)C([C@H](O)CO)O1. The van der Waals surface area contributed by atoms with Gasteiger partial charge in [-0.1, -0.05) is 78.9 Å². The van der Waals surface area contributed by atoms with E-state index in [4.69, 9.17) is 100 Å². The largest absolute Gasteiger partial charge is 0.496 e. The molecule has 0 aromatic heterocycles. The van der Waals surface area contributed by atoms with Gasteiger partial charge in [-0.25, -0.2) is 14.4 Å². The van der Waals surface area contributed by atoms with E-state index in [1.165, 1.54) is 41.0 Å². The molecule has 0 bridgehead atoms. The number of anilines is 1. The number of benzene rings is 4. The van der Waals surface area contributed by atoms with Gasteiger partial charge in [-0.15, -0.1) is 0 Å². The van der Waals surface area contributed by atoms with Gasteiger partial charge in [0.15, 0.2) is 12.6 Å². The van der Waals surface area contributed by atoms with Gasteiger partial charge in [-0.2, -0.15) is 0 Å². The molecule has 0 aliphatic carbocycles. The van der Waals surface area contributed by atoms with E-state index in [2.05, 4.69) is 6.92 Å². The number of rotatable bonds is 46. The molecule has 7 aliphatic heterocycles. The number of amides is 1. The second kappa shape index (κ2) is 54.2. The van der Waals surface area contributed by atoms with Crippen molar-refractivity contribution in [3.8, 4) is 11.5 Å². The Labute approximate surface area is 824 Å². The number of aliphatic carboxylic acids is 1. The second-order valence-electron chi connectivity index (χ2n) is 36.6. The summed E-state index contributed by atoms with van der Waals surface area (Å²) in [7, 11) is 5.58. The van der Waals surface area contributed by atoms with Crippen LogP contribution in [0.3, 0.4) is 0 Å². The third-order valence-electron chi connectivity index (χ3n) is 26.3. The Hall–Kier alpha value is -6.89. The molecule has 7 fully saturated rings. The summed E-state index contributed by atoms with van der Waals surface area (Å²) < 4.78 is 147. The van der Waals surface area contributed by atoms with Gasteiger partial charge in [0.1, 0.15) is 97.5 Å². The Bertz CT molecular complexity index is 4610. The molecule has 0 spiro atoms. The van der Waals surface area contributed by atoms with Crippen LogP contribution in [-0.4, -0.2) is 385 Å². The van der Waals surface area contributed by atoms with Crippen LogP contribution < -0.4 is 15.2 Å². The normalized spacial score (nSPS) is 33.7. The van der Waals surface area contributed by atoms with Crippen molar-refractivity contribution in [1.82, 2.24) is 4.90 Å². The number of carboxylic acid groups (broad SMARTS) is 1. The molecule has 4 aromatic carbocycles.